The number of carbonyl (C=O) groups is 2. The van der Waals surface area contributed by atoms with Gasteiger partial charge in [-0.1, -0.05) is 30.3 Å². The molecule has 1 fully saturated rings. The van der Waals surface area contributed by atoms with Gasteiger partial charge in [-0.15, -0.1) is 0 Å². The number of fused-ring (bicyclic) bond motifs is 3. The van der Waals surface area contributed by atoms with Crippen LogP contribution in [0.3, 0.4) is 0 Å². The van der Waals surface area contributed by atoms with Gasteiger partial charge < -0.3 is 14.8 Å². The molecule has 1 saturated carbocycles. The highest BCUT2D eigenvalue weighted by Crippen LogP contribution is 2.42. The highest BCUT2D eigenvalue weighted by molar-refractivity contribution is 6.01. The SMILES string of the molecule is N#Cc1cccc(NC(=O)N(CC(=O)N2c3ccccc3-n3cccc3C2c2ccc(F)cc2)C2CC2)c1. The summed E-state index contributed by atoms with van der Waals surface area (Å²) in [6.45, 7) is -0.124. The number of nitrogens with one attached hydrogen (secondary N) is 1. The van der Waals surface area contributed by atoms with E-state index in [2.05, 4.69) is 11.4 Å². The lowest BCUT2D eigenvalue weighted by atomic mass is 9.97. The van der Waals surface area contributed by atoms with Crippen LogP contribution >= 0.6 is 0 Å². The Labute approximate surface area is 219 Å². The van der Waals surface area contributed by atoms with Crippen LogP contribution in [0.4, 0.5) is 20.6 Å². The van der Waals surface area contributed by atoms with Crippen LogP contribution in [0.1, 0.15) is 35.7 Å². The van der Waals surface area contributed by atoms with E-state index in [4.69, 9.17) is 0 Å². The van der Waals surface area contributed by atoms with Crippen molar-refractivity contribution in [3.05, 3.63) is 114 Å². The number of hydrogen-bond donors (Lipinski definition) is 1. The summed E-state index contributed by atoms with van der Waals surface area (Å²) >= 11 is 0. The second-order valence-electron chi connectivity index (χ2n) is 9.49. The minimum atomic E-state index is -0.496. The number of halogens is 1. The molecule has 38 heavy (non-hydrogen) atoms. The monoisotopic (exact) mass is 505 g/mol. The predicted molar refractivity (Wildman–Crippen MR) is 141 cm³/mol. The summed E-state index contributed by atoms with van der Waals surface area (Å²) in [5, 5.41) is 12.0. The first-order valence-electron chi connectivity index (χ1n) is 12.5. The van der Waals surface area contributed by atoms with Crippen LogP contribution < -0.4 is 10.2 Å². The summed E-state index contributed by atoms with van der Waals surface area (Å²) in [4.78, 5) is 30.7. The van der Waals surface area contributed by atoms with Crippen molar-refractivity contribution in [3.63, 3.8) is 0 Å². The minimum Gasteiger partial charge on any atom is -0.316 e. The molecule has 3 amide bonds. The van der Waals surface area contributed by atoms with E-state index in [0.29, 0.717) is 16.9 Å². The third-order valence-electron chi connectivity index (χ3n) is 6.97. The molecule has 8 heteroatoms. The second-order valence-corrected chi connectivity index (χ2v) is 9.49. The van der Waals surface area contributed by atoms with E-state index in [1.165, 1.54) is 12.1 Å². The first-order valence-corrected chi connectivity index (χ1v) is 12.5. The number of hydrogen-bond acceptors (Lipinski definition) is 3. The molecule has 0 bridgehead atoms. The Balaban J connectivity index is 1.35. The normalized spacial score (nSPS) is 15.7. The molecule has 0 saturated heterocycles. The van der Waals surface area contributed by atoms with E-state index < -0.39 is 6.04 Å². The maximum absolute atomic E-state index is 14.1. The Hall–Kier alpha value is -4.90. The topological polar surface area (TPSA) is 81.4 Å². The fraction of sp³-hybridized carbons (Fsp3) is 0.167. The van der Waals surface area contributed by atoms with E-state index in [-0.39, 0.29) is 30.3 Å². The number of anilines is 2. The molecule has 1 atom stereocenters. The number of nitriles is 1. The zero-order valence-electron chi connectivity index (χ0n) is 20.4. The molecule has 0 spiro atoms. The van der Waals surface area contributed by atoms with Crippen LogP contribution in [0, 0.1) is 17.1 Å². The van der Waals surface area contributed by atoms with Crippen LogP contribution in [-0.4, -0.2) is 34.0 Å². The van der Waals surface area contributed by atoms with Gasteiger partial charge in [0.05, 0.1) is 28.7 Å². The van der Waals surface area contributed by atoms with Gasteiger partial charge in [0.15, 0.2) is 0 Å². The molecule has 1 aliphatic carbocycles. The lowest BCUT2D eigenvalue weighted by Gasteiger charge is -2.39. The molecule has 1 aliphatic heterocycles. The standard InChI is InChI=1S/C30H24FN5O2/c31-22-12-10-21(11-13-22)29-27-9-4-16-34(27)25-7-1-2-8-26(25)36(29)28(37)19-35(24-14-15-24)30(38)33-23-6-3-5-20(17-23)18-32/h1-13,16-17,24,29H,14-15,19H2,(H,33,38). The molecule has 2 aliphatic rings. The summed E-state index contributed by atoms with van der Waals surface area (Å²) in [5.41, 5.74) is 4.15. The van der Waals surface area contributed by atoms with E-state index in [1.54, 1.807) is 46.2 Å². The van der Waals surface area contributed by atoms with Gasteiger partial charge in [-0.05, 0) is 73.0 Å². The average molecular weight is 506 g/mol. The number of benzene rings is 3. The van der Waals surface area contributed by atoms with Crippen molar-refractivity contribution in [3.8, 4) is 11.8 Å². The quantitative estimate of drug-likeness (QED) is 0.382. The van der Waals surface area contributed by atoms with Crippen molar-refractivity contribution in [1.29, 1.82) is 5.26 Å². The van der Waals surface area contributed by atoms with E-state index >= 15 is 0 Å². The van der Waals surface area contributed by atoms with Crippen LogP contribution in [0.15, 0.2) is 91.1 Å². The van der Waals surface area contributed by atoms with Gasteiger partial charge in [0, 0.05) is 17.9 Å². The lowest BCUT2D eigenvalue weighted by molar-refractivity contribution is -0.119. The van der Waals surface area contributed by atoms with Gasteiger partial charge >= 0.3 is 6.03 Å². The molecule has 7 nitrogen and oxygen atoms in total. The van der Waals surface area contributed by atoms with Crippen LogP contribution in [0.2, 0.25) is 0 Å². The Morgan fingerprint density at radius 1 is 0.974 bits per heavy atom. The van der Waals surface area contributed by atoms with Crippen LogP contribution in [-0.2, 0) is 4.79 Å². The van der Waals surface area contributed by atoms with E-state index in [0.717, 1.165) is 29.8 Å². The zero-order chi connectivity index (χ0) is 26.2. The number of aromatic nitrogens is 1. The largest absolute Gasteiger partial charge is 0.322 e. The van der Waals surface area contributed by atoms with Crippen molar-refractivity contribution < 1.29 is 14.0 Å². The highest BCUT2D eigenvalue weighted by Gasteiger charge is 2.40. The molecule has 6 rings (SSSR count). The molecular weight excluding hydrogens is 481 g/mol. The van der Waals surface area contributed by atoms with Gasteiger partial charge in [0.25, 0.3) is 0 Å². The summed E-state index contributed by atoms with van der Waals surface area (Å²) in [7, 11) is 0. The van der Waals surface area contributed by atoms with Crippen molar-refractivity contribution in [2.24, 2.45) is 0 Å². The number of carbonyl (C=O) groups excluding carboxylic acids is 2. The number of rotatable bonds is 5. The Kier molecular flexibility index (Phi) is 5.89. The number of nitrogens with zero attached hydrogens (tertiary/aromatic N) is 4. The van der Waals surface area contributed by atoms with E-state index in [9.17, 15) is 19.2 Å². The van der Waals surface area contributed by atoms with Crippen molar-refractivity contribution in [2.75, 3.05) is 16.8 Å². The van der Waals surface area contributed by atoms with Crippen molar-refractivity contribution in [1.82, 2.24) is 9.47 Å². The van der Waals surface area contributed by atoms with Gasteiger partial charge in [0.2, 0.25) is 5.91 Å². The third kappa shape index (κ3) is 4.28. The maximum atomic E-state index is 14.1. The summed E-state index contributed by atoms with van der Waals surface area (Å²) in [6.07, 6.45) is 3.59. The minimum absolute atomic E-state index is 0.0359. The first kappa shape index (κ1) is 23.5. The van der Waals surface area contributed by atoms with Gasteiger partial charge in [-0.25, -0.2) is 9.18 Å². The van der Waals surface area contributed by atoms with Gasteiger partial charge in [-0.2, -0.15) is 5.26 Å². The lowest BCUT2D eigenvalue weighted by Crippen LogP contribution is -2.48. The fourth-order valence-corrected chi connectivity index (χ4v) is 5.06. The molecule has 1 unspecified atom stereocenters. The molecule has 4 aromatic rings. The predicted octanol–water partition coefficient (Wildman–Crippen LogP) is 5.62. The molecule has 3 aromatic carbocycles. The van der Waals surface area contributed by atoms with Crippen LogP contribution in [0.25, 0.3) is 5.69 Å². The third-order valence-corrected chi connectivity index (χ3v) is 6.97. The summed E-state index contributed by atoms with van der Waals surface area (Å²) in [5.74, 6) is -0.595. The second kappa shape index (κ2) is 9.52. The molecule has 1 N–H and O–H groups in total. The Morgan fingerprint density at radius 3 is 2.47 bits per heavy atom. The molecule has 2 heterocycles. The summed E-state index contributed by atoms with van der Waals surface area (Å²) < 4.78 is 15.9. The fourth-order valence-electron chi connectivity index (χ4n) is 5.06. The van der Waals surface area contributed by atoms with Crippen molar-refractivity contribution >= 4 is 23.3 Å². The molecule has 1 aromatic heterocycles. The van der Waals surface area contributed by atoms with E-state index in [1.807, 2.05) is 47.2 Å². The average Bonchev–Trinajstić information content (AvgIpc) is 3.66. The zero-order valence-corrected chi connectivity index (χ0v) is 20.4. The number of amides is 3. The van der Waals surface area contributed by atoms with Gasteiger partial charge in [-0.3, -0.25) is 9.69 Å². The van der Waals surface area contributed by atoms with Gasteiger partial charge in [0.1, 0.15) is 18.4 Å². The smallest absolute Gasteiger partial charge is 0.316 e. The summed E-state index contributed by atoms with van der Waals surface area (Å²) in [6, 6.07) is 25.5. The number of urea groups is 1. The molecular formula is C30H24FN5O2. The molecule has 188 valence electrons. The Bertz CT molecular complexity index is 1570. The first-order chi connectivity index (χ1) is 18.5. The Morgan fingerprint density at radius 2 is 1.74 bits per heavy atom. The van der Waals surface area contributed by atoms with Crippen LogP contribution in [0.5, 0.6) is 0 Å². The van der Waals surface area contributed by atoms with Crippen molar-refractivity contribution in [2.45, 2.75) is 24.9 Å². The highest BCUT2D eigenvalue weighted by atomic mass is 19.1. The number of para-hydroxylation sites is 2. The molecule has 0 radical (unpaired) electrons. The maximum Gasteiger partial charge on any atom is 0.322 e.